The number of hydrogen-bond acceptors (Lipinski definition) is 10. The topological polar surface area (TPSA) is 140 Å². The van der Waals surface area contributed by atoms with Gasteiger partial charge in [-0.15, -0.1) is 0 Å². The predicted octanol–water partition coefficient (Wildman–Crippen LogP) is 3.38. The number of nitrogens with zero attached hydrogens (tertiary/aromatic N) is 6. The Morgan fingerprint density at radius 3 is 2.70 bits per heavy atom. The highest BCUT2D eigenvalue weighted by Gasteiger charge is 2.11. The van der Waals surface area contributed by atoms with Crippen LogP contribution < -0.4 is 21.5 Å². The number of nitrogen functional groups attached to an aromatic ring is 1. The molecule has 2 aromatic heterocycles. The van der Waals surface area contributed by atoms with Crippen LogP contribution in [0.2, 0.25) is 0 Å². The molecular weight excluding hydrogens is 466 g/mol. The third-order valence-electron chi connectivity index (χ3n) is 6.09. The first-order valence-corrected chi connectivity index (χ1v) is 12.7. The van der Waals surface area contributed by atoms with Gasteiger partial charge >= 0.3 is 0 Å². The molecule has 1 fully saturated rings. The van der Waals surface area contributed by atoms with Gasteiger partial charge in [0, 0.05) is 43.2 Å². The molecule has 5 N–H and O–H groups in total. The molecule has 0 saturated carbocycles. The maximum absolute atomic E-state index is 6.05. The summed E-state index contributed by atoms with van der Waals surface area (Å²) in [5, 5.41) is 3.27. The molecule has 10 nitrogen and oxygen atoms in total. The molecule has 1 saturated heterocycles. The Balaban J connectivity index is 1.36. The molecule has 1 aromatic carbocycles. The van der Waals surface area contributed by atoms with E-state index in [0.29, 0.717) is 54.2 Å². The number of benzene rings is 1. The maximum atomic E-state index is 6.05. The van der Waals surface area contributed by atoms with Crippen molar-refractivity contribution in [3.8, 4) is 17.1 Å². The highest BCUT2D eigenvalue weighted by atomic mass is 16.5. The van der Waals surface area contributed by atoms with Gasteiger partial charge < -0.3 is 21.5 Å². The number of allylic oxidation sites excluding steroid dienone is 1. The molecule has 3 heterocycles. The molecule has 4 rings (SSSR count). The highest BCUT2D eigenvalue weighted by Crippen LogP contribution is 2.21. The fourth-order valence-electron chi connectivity index (χ4n) is 4.07. The zero-order valence-electron chi connectivity index (χ0n) is 21.3. The van der Waals surface area contributed by atoms with Crippen LogP contribution in [0.4, 0.5) is 11.6 Å². The first kappa shape index (κ1) is 26.0. The van der Waals surface area contributed by atoms with Crippen LogP contribution in [0.1, 0.15) is 37.4 Å². The summed E-state index contributed by atoms with van der Waals surface area (Å²) in [5.74, 6) is 2.11. The minimum absolute atomic E-state index is 0.308. The summed E-state index contributed by atoms with van der Waals surface area (Å²) in [6, 6.07) is 8.00. The lowest BCUT2D eigenvalue weighted by Gasteiger charge is -2.26. The number of piperidine rings is 1. The van der Waals surface area contributed by atoms with E-state index in [1.807, 2.05) is 31.2 Å². The van der Waals surface area contributed by atoms with Gasteiger partial charge in [-0.25, -0.2) is 19.9 Å². The number of aromatic nitrogens is 4. The number of hydrogen-bond donors (Lipinski definition) is 3. The van der Waals surface area contributed by atoms with Gasteiger partial charge in [-0.2, -0.15) is 0 Å². The number of rotatable bonds is 11. The van der Waals surface area contributed by atoms with Gasteiger partial charge in [0.15, 0.2) is 23.2 Å². The third kappa shape index (κ3) is 7.47. The standard InChI is InChI=1S/C27H35N9O/c1-2-30-16-22(14-28)24-19-31-25(29)27(35-24)32-15-20-7-6-8-21(13-20)26-33-17-23(18-34-26)37-12-11-36-9-4-3-5-10-36/h6-8,13-14,16-19H,2-5,9-12,15,28H2,1H3,(H2,29,31)(H,32,35). The predicted molar refractivity (Wildman–Crippen MR) is 148 cm³/mol. The van der Waals surface area contributed by atoms with Gasteiger partial charge in [0.1, 0.15) is 6.61 Å². The summed E-state index contributed by atoms with van der Waals surface area (Å²) in [5.41, 5.74) is 15.0. The van der Waals surface area contributed by atoms with Crippen molar-refractivity contribution in [2.75, 3.05) is 43.8 Å². The number of nitrogens with one attached hydrogen (secondary N) is 1. The summed E-state index contributed by atoms with van der Waals surface area (Å²) < 4.78 is 5.86. The molecule has 0 unspecified atom stereocenters. The van der Waals surface area contributed by atoms with Crippen molar-refractivity contribution in [2.24, 2.45) is 10.7 Å². The van der Waals surface area contributed by atoms with E-state index in [1.54, 1.807) is 24.8 Å². The molecule has 3 aromatic rings. The average molecular weight is 502 g/mol. The van der Waals surface area contributed by atoms with Gasteiger partial charge in [-0.1, -0.05) is 24.6 Å². The van der Waals surface area contributed by atoms with Crippen LogP contribution >= 0.6 is 0 Å². The molecule has 0 spiro atoms. The van der Waals surface area contributed by atoms with Gasteiger partial charge in [-0.3, -0.25) is 9.89 Å². The Labute approximate surface area is 217 Å². The number of nitrogens with two attached hydrogens (primary N) is 2. The Morgan fingerprint density at radius 1 is 1.14 bits per heavy atom. The van der Waals surface area contributed by atoms with Crippen molar-refractivity contribution < 1.29 is 4.74 Å². The van der Waals surface area contributed by atoms with Crippen molar-refractivity contribution >= 4 is 23.4 Å². The molecule has 0 bridgehead atoms. The first-order valence-electron chi connectivity index (χ1n) is 12.7. The summed E-state index contributed by atoms with van der Waals surface area (Å²) in [6.45, 7) is 7.00. The van der Waals surface area contributed by atoms with Crippen molar-refractivity contribution in [1.82, 2.24) is 24.8 Å². The molecular formula is C27H35N9O. The van der Waals surface area contributed by atoms with Gasteiger partial charge in [0.2, 0.25) is 0 Å². The number of ether oxygens (including phenoxy) is 1. The molecule has 0 amide bonds. The molecule has 10 heteroatoms. The lowest BCUT2D eigenvalue weighted by Crippen LogP contribution is -2.33. The van der Waals surface area contributed by atoms with E-state index in [-0.39, 0.29) is 0 Å². The van der Waals surface area contributed by atoms with Crippen LogP contribution in [0.15, 0.2) is 54.0 Å². The van der Waals surface area contributed by atoms with E-state index < -0.39 is 0 Å². The van der Waals surface area contributed by atoms with E-state index in [2.05, 4.69) is 35.1 Å². The van der Waals surface area contributed by atoms with Crippen LogP contribution in [0.3, 0.4) is 0 Å². The number of likely N-dealkylation sites (tertiary alicyclic amines) is 1. The third-order valence-corrected chi connectivity index (χ3v) is 6.09. The summed E-state index contributed by atoms with van der Waals surface area (Å²) in [7, 11) is 0. The van der Waals surface area contributed by atoms with Gasteiger partial charge in [0.05, 0.1) is 24.3 Å². The second-order valence-corrected chi connectivity index (χ2v) is 8.79. The number of aliphatic imine (C=N–C) groups is 1. The zero-order valence-corrected chi connectivity index (χ0v) is 21.3. The van der Waals surface area contributed by atoms with Crippen LogP contribution in [0, 0.1) is 0 Å². The SMILES string of the molecule is CCN=CC(=CN)c1cnc(N)c(NCc2cccc(-c3ncc(OCCN4CCCCC4)cn3)c2)n1. The normalized spacial score (nSPS) is 14.7. The molecule has 194 valence electrons. The van der Waals surface area contributed by atoms with E-state index in [0.717, 1.165) is 30.8 Å². The van der Waals surface area contributed by atoms with E-state index >= 15 is 0 Å². The zero-order chi connectivity index (χ0) is 25.9. The second kappa shape index (κ2) is 13.3. The number of anilines is 2. The molecule has 0 radical (unpaired) electrons. The Bertz CT molecular complexity index is 1200. The van der Waals surface area contributed by atoms with Crippen LogP contribution in [-0.2, 0) is 6.54 Å². The minimum atomic E-state index is 0.308. The highest BCUT2D eigenvalue weighted by molar-refractivity contribution is 6.08. The maximum Gasteiger partial charge on any atom is 0.169 e. The Kier molecular flexibility index (Phi) is 9.36. The minimum Gasteiger partial charge on any atom is -0.489 e. The fourth-order valence-corrected chi connectivity index (χ4v) is 4.07. The molecule has 0 aliphatic carbocycles. The monoisotopic (exact) mass is 501 g/mol. The van der Waals surface area contributed by atoms with Crippen molar-refractivity contribution in [3.63, 3.8) is 0 Å². The lowest BCUT2D eigenvalue weighted by molar-refractivity contribution is 0.183. The van der Waals surface area contributed by atoms with Crippen LogP contribution in [-0.4, -0.2) is 63.8 Å². The van der Waals surface area contributed by atoms with Crippen molar-refractivity contribution in [1.29, 1.82) is 0 Å². The van der Waals surface area contributed by atoms with Gasteiger partial charge in [0.25, 0.3) is 0 Å². The van der Waals surface area contributed by atoms with E-state index in [4.69, 9.17) is 16.2 Å². The van der Waals surface area contributed by atoms with E-state index in [9.17, 15) is 0 Å². The molecule has 1 aliphatic rings. The smallest absolute Gasteiger partial charge is 0.169 e. The second-order valence-electron chi connectivity index (χ2n) is 8.79. The quantitative estimate of drug-likeness (QED) is 0.337. The largest absolute Gasteiger partial charge is 0.489 e. The van der Waals surface area contributed by atoms with E-state index in [1.165, 1.54) is 25.5 Å². The fraction of sp³-hybridized carbons (Fsp3) is 0.370. The summed E-state index contributed by atoms with van der Waals surface area (Å²) in [4.78, 5) is 24.5. The average Bonchev–Trinajstić information content (AvgIpc) is 2.94. The summed E-state index contributed by atoms with van der Waals surface area (Å²) in [6.07, 6.45) is 12.1. The molecule has 37 heavy (non-hydrogen) atoms. The Hall–Kier alpha value is -4.05. The lowest BCUT2D eigenvalue weighted by atomic mass is 10.1. The first-order chi connectivity index (χ1) is 18.2. The molecule has 1 aliphatic heterocycles. The van der Waals surface area contributed by atoms with Crippen molar-refractivity contribution in [2.45, 2.75) is 32.7 Å². The van der Waals surface area contributed by atoms with Crippen LogP contribution in [0.25, 0.3) is 17.0 Å². The van der Waals surface area contributed by atoms with Gasteiger partial charge in [-0.05, 0) is 44.5 Å². The summed E-state index contributed by atoms with van der Waals surface area (Å²) >= 11 is 0. The van der Waals surface area contributed by atoms with Crippen LogP contribution in [0.5, 0.6) is 5.75 Å². The Morgan fingerprint density at radius 2 is 1.95 bits per heavy atom. The van der Waals surface area contributed by atoms with Crippen molar-refractivity contribution in [3.05, 3.63) is 60.3 Å². The molecule has 0 atom stereocenters.